The molecule has 2 atom stereocenters. The van der Waals surface area contributed by atoms with E-state index >= 15 is 0 Å². The molecular weight excluding hydrogens is 134 g/mol. The Hall–Kier alpha value is -0.140. The van der Waals surface area contributed by atoms with E-state index in [1.165, 1.54) is 0 Å². The fraction of sp³-hybridized carbons (Fsp3) is 1.00. The summed E-state index contributed by atoms with van der Waals surface area (Å²) in [6, 6.07) is 0. The van der Waals surface area contributed by atoms with E-state index in [0.29, 0.717) is 6.42 Å². The van der Waals surface area contributed by atoms with Crippen LogP contribution in [0.1, 0.15) is 33.1 Å². The molecule has 2 unspecified atom stereocenters. The van der Waals surface area contributed by atoms with Crippen molar-refractivity contribution in [2.45, 2.75) is 39.5 Å². The van der Waals surface area contributed by atoms with Gasteiger partial charge in [0.2, 0.25) is 6.43 Å². The minimum absolute atomic E-state index is 0.201. The van der Waals surface area contributed by atoms with Crippen molar-refractivity contribution in [1.29, 1.82) is 0 Å². The largest absolute Gasteiger partial charge is 0.244 e. The minimum Gasteiger partial charge on any atom is -0.210 e. The Morgan fingerprint density at radius 1 is 1.50 bits per heavy atom. The van der Waals surface area contributed by atoms with Gasteiger partial charge in [-0.2, -0.15) is 0 Å². The topological polar surface area (TPSA) is 0 Å². The quantitative estimate of drug-likeness (QED) is 0.536. The summed E-state index contributed by atoms with van der Waals surface area (Å²) in [6.07, 6.45) is 0.513. The fourth-order valence-electron chi connectivity index (χ4n) is 1.69. The number of hydrogen-bond donors (Lipinski definition) is 0. The third-order valence-corrected chi connectivity index (χ3v) is 2.98. The third-order valence-electron chi connectivity index (χ3n) is 2.98. The van der Waals surface area contributed by atoms with Gasteiger partial charge in [0.05, 0.1) is 0 Å². The van der Waals surface area contributed by atoms with Gasteiger partial charge in [0.1, 0.15) is 0 Å². The van der Waals surface area contributed by atoms with Gasteiger partial charge in [-0.1, -0.05) is 20.3 Å². The molecule has 0 heterocycles. The Labute approximate surface area is 60.6 Å². The normalized spacial score (nSPS) is 41.1. The predicted molar refractivity (Wildman–Crippen MR) is 37.1 cm³/mol. The first-order valence-electron chi connectivity index (χ1n) is 3.85. The number of rotatable bonds is 1. The molecule has 10 heavy (non-hydrogen) atoms. The van der Waals surface area contributed by atoms with E-state index in [-0.39, 0.29) is 5.92 Å². The van der Waals surface area contributed by atoms with E-state index in [1.807, 2.05) is 6.92 Å². The minimum atomic E-state index is -2.13. The van der Waals surface area contributed by atoms with Crippen LogP contribution in [0.15, 0.2) is 0 Å². The second-order valence-corrected chi connectivity index (χ2v) is 3.60. The van der Waals surface area contributed by atoms with Gasteiger partial charge in [-0.25, -0.2) is 8.78 Å². The number of hydrogen-bond acceptors (Lipinski definition) is 0. The summed E-state index contributed by atoms with van der Waals surface area (Å²) in [7, 11) is 0. The summed E-state index contributed by atoms with van der Waals surface area (Å²) in [6.45, 7) is 3.63. The van der Waals surface area contributed by atoms with Crippen LogP contribution < -0.4 is 0 Å². The highest BCUT2D eigenvalue weighted by Crippen LogP contribution is 2.46. The van der Waals surface area contributed by atoms with Crippen LogP contribution in [0.4, 0.5) is 8.78 Å². The van der Waals surface area contributed by atoms with Crippen LogP contribution in [0.2, 0.25) is 0 Å². The molecule has 1 aliphatic carbocycles. The molecule has 2 heteroatoms. The maximum Gasteiger partial charge on any atom is 0.244 e. The van der Waals surface area contributed by atoms with Crippen LogP contribution in [0.5, 0.6) is 0 Å². The van der Waals surface area contributed by atoms with Crippen LogP contribution in [0.3, 0.4) is 0 Å². The van der Waals surface area contributed by atoms with Crippen molar-refractivity contribution in [1.82, 2.24) is 0 Å². The molecular formula is C8H14F2. The van der Waals surface area contributed by atoms with Gasteiger partial charge in [0.15, 0.2) is 0 Å². The van der Waals surface area contributed by atoms with Crippen molar-refractivity contribution < 1.29 is 8.78 Å². The molecule has 0 aromatic heterocycles. The molecule has 0 aromatic rings. The second-order valence-electron chi connectivity index (χ2n) is 3.60. The smallest absolute Gasteiger partial charge is 0.210 e. The predicted octanol–water partition coefficient (Wildman–Crippen LogP) is 3.08. The summed E-state index contributed by atoms with van der Waals surface area (Å²) in [5, 5.41) is 0. The van der Waals surface area contributed by atoms with Crippen LogP contribution in [0, 0.1) is 11.3 Å². The summed E-state index contributed by atoms with van der Waals surface area (Å²) in [5.41, 5.74) is -0.681. The second kappa shape index (κ2) is 2.48. The highest BCUT2D eigenvalue weighted by atomic mass is 19.3. The zero-order chi connectivity index (χ0) is 7.78. The summed E-state index contributed by atoms with van der Waals surface area (Å²) in [4.78, 5) is 0. The van der Waals surface area contributed by atoms with Gasteiger partial charge < -0.3 is 0 Å². The Balaban J connectivity index is 2.66. The lowest BCUT2D eigenvalue weighted by Gasteiger charge is -2.27. The first kappa shape index (κ1) is 7.96. The Bertz CT molecular complexity index is 122. The van der Waals surface area contributed by atoms with E-state index in [2.05, 4.69) is 0 Å². The van der Waals surface area contributed by atoms with Crippen molar-refractivity contribution in [3.63, 3.8) is 0 Å². The van der Waals surface area contributed by atoms with Crippen molar-refractivity contribution in [3.05, 3.63) is 0 Å². The maximum absolute atomic E-state index is 12.4. The van der Waals surface area contributed by atoms with Crippen molar-refractivity contribution in [2.24, 2.45) is 11.3 Å². The molecule has 0 saturated heterocycles. The zero-order valence-electron chi connectivity index (χ0n) is 6.53. The highest BCUT2D eigenvalue weighted by molar-refractivity contribution is 4.87. The Morgan fingerprint density at radius 2 is 2.10 bits per heavy atom. The molecule has 0 aliphatic heterocycles. The Kier molecular flexibility index (Phi) is 1.97. The monoisotopic (exact) mass is 148 g/mol. The lowest BCUT2D eigenvalue weighted by Crippen LogP contribution is -2.28. The van der Waals surface area contributed by atoms with Gasteiger partial charge in [-0.3, -0.25) is 0 Å². The molecule has 0 N–H and O–H groups in total. The molecule has 0 radical (unpaired) electrons. The van der Waals surface area contributed by atoms with Crippen LogP contribution in [-0.2, 0) is 0 Å². The van der Waals surface area contributed by atoms with Gasteiger partial charge in [0, 0.05) is 5.41 Å². The van der Waals surface area contributed by atoms with Crippen molar-refractivity contribution in [2.75, 3.05) is 0 Å². The van der Waals surface area contributed by atoms with E-state index in [4.69, 9.17) is 0 Å². The first-order chi connectivity index (χ1) is 4.57. The van der Waals surface area contributed by atoms with Crippen molar-refractivity contribution in [3.8, 4) is 0 Å². The van der Waals surface area contributed by atoms with Gasteiger partial charge in [0.25, 0.3) is 0 Å². The van der Waals surface area contributed by atoms with E-state index in [9.17, 15) is 8.78 Å². The molecule has 0 amide bonds. The summed E-state index contributed by atoms with van der Waals surface area (Å²) >= 11 is 0. The molecule has 0 bridgehead atoms. The SMILES string of the molecule is CC1CCCC1(C)C(F)F. The average Bonchev–Trinajstić information content (AvgIpc) is 2.15. The molecule has 1 fully saturated rings. The van der Waals surface area contributed by atoms with Crippen LogP contribution >= 0.6 is 0 Å². The summed E-state index contributed by atoms with van der Waals surface area (Å²) < 4.78 is 24.7. The molecule has 1 rings (SSSR count). The van der Waals surface area contributed by atoms with Crippen LogP contribution in [-0.4, -0.2) is 6.43 Å². The lowest BCUT2D eigenvalue weighted by atomic mass is 9.81. The van der Waals surface area contributed by atoms with Crippen LogP contribution in [0.25, 0.3) is 0 Å². The van der Waals surface area contributed by atoms with Gasteiger partial charge >= 0.3 is 0 Å². The molecule has 60 valence electrons. The molecule has 0 spiro atoms. The lowest BCUT2D eigenvalue weighted by molar-refractivity contribution is -0.0143. The number of alkyl halides is 2. The fourth-order valence-corrected chi connectivity index (χ4v) is 1.69. The van der Waals surface area contributed by atoms with E-state index in [1.54, 1.807) is 6.92 Å². The molecule has 0 nitrogen and oxygen atoms in total. The molecule has 1 saturated carbocycles. The van der Waals surface area contributed by atoms with E-state index in [0.717, 1.165) is 12.8 Å². The maximum atomic E-state index is 12.4. The van der Waals surface area contributed by atoms with Crippen molar-refractivity contribution >= 4 is 0 Å². The first-order valence-corrected chi connectivity index (χ1v) is 3.85. The van der Waals surface area contributed by atoms with Gasteiger partial charge in [-0.05, 0) is 18.8 Å². The molecule has 0 aromatic carbocycles. The standard InChI is InChI=1S/C8H14F2/c1-6-4-3-5-8(6,2)7(9)10/h6-7H,3-5H2,1-2H3. The Morgan fingerprint density at radius 3 is 2.30 bits per heavy atom. The molecule has 1 aliphatic rings. The average molecular weight is 148 g/mol. The van der Waals surface area contributed by atoms with E-state index < -0.39 is 11.8 Å². The zero-order valence-corrected chi connectivity index (χ0v) is 6.53. The third kappa shape index (κ3) is 1.04. The van der Waals surface area contributed by atoms with Gasteiger partial charge in [-0.15, -0.1) is 0 Å². The number of halogens is 2. The summed E-state index contributed by atoms with van der Waals surface area (Å²) in [5.74, 6) is 0.201. The highest BCUT2D eigenvalue weighted by Gasteiger charge is 2.43.